The van der Waals surface area contributed by atoms with Crippen LogP contribution in [-0.4, -0.2) is 101 Å². The number of hydrogen-bond acceptors (Lipinski definition) is 8. The lowest BCUT2D eigenvalue weighted by molar-refractivity contribution is -0.163. The van der Waals surface area contributed by atoms with Crippen molar-refractivity contribution in [3.05, 3.63) is 94.5 Å². The molecule has 0 saturated carbocycles. The predicted molar refractivity (Wildman–Crippen MR) is 197 cm³/mol. The molecule has 0 aromatic heterocycles. The van der Waals surface area contributed by atoms with Crippen LogP contribution >= 0.6 is 15.9 Å². The average molecular weight is 779 g/mol. The number of amides is 3. The number of fused-ring (bicyclic) bond motifs is 2. The number of esters is 1. The Hall–Kier alpha value is -3.84. The van der Waals surface area contributed by atoms with Gasteiger partial charge in [-0.2, -0.15) is 0 Å². The van der Waals surface area contributed by atoms with Gasteiger partial charge in [0.2, 0.25) is 17.7 Å². The monoisotopic (exact) mass is 777 g/mol. The summed E-state index contributed by atoms with van der Waals surface area (Å²) in [5.41, 5.74) is 0.0227. The Morgan fingerprint density at radius 3 is 2.40 bits per heavy atom. The largest absolute Gasteiger partial charge is 0.455 e. The van der Waals surface area contributed by atoms with Crippen molar-refractivity contribution in [2.45, 2.75) is 87.9 Å². The van der Waals surface area contributed by atoms with Crippen molar-refractivity contribution in [2.24, 2.45) is 11.8 Å². The summed E-state index contributed by atoms with van der Waals surface area (Å²) in [4.78, 5) is 61.3. The Morgan fingerprint density at radius 2 is 1.73 bits per heavy atom. The van der Waals surface area contributed by atoms with Crippen LogP contribution in [0.4, 0.5) is 0 Å². The van der Waals surface area contributed by atoms with E-state index in [0.717, 1.165) is 12.0 Å². The number of likely N-dealkylation sites (tertiary alicyclic amines) is 1. The van der Waals surface area contributed by atoms with Crippen LogP contribution in [-0.2, 0) is 39.8 Å². The molecule has 0 aliphatic carbocycles. The van der Waals surface area contributed by atoms with Gasteiger partial charge < -0.3 is 34.4 Å². The van der Waals surface area contributed by atoms with Gasteiger partial charge in [-0.3, -0.25) is 19.2 Å². The molecule has 1 unspecified atom stereocenters. The van der Waals surface area contributed by atoms with E-state index >= 15 is 4.79 Å². The standard InChI is InChI=1S/C40H48BrN3O8/c1-4-14-25(2)43-20-13-7-12-19-31(46)42-30(24-50-3)34(27-17-10-6-11-18-27)51-39(49)32-33-37(47)44(28(23-45)21-26-15-8-5-9-16-26)36(38(43)48)40(33)22-29(41)35(32)52-40/h5-11,13,15-18,22,25,28,30,32-36,45H,4,12,14,19-21,23-24H2,1-3H3,(H,42,46)/b13-7-/t25?,28-,30+,32-,33+,34+,35-,36-,40+/m1/s1. The van der Waals surface area contributed by atoms with Crippen molar-refractivity contribution in [3.63, 3.8) is 0 Å². The molecular formula is C40H48BrN3O8. The van der Waals surface area contributed by atoms with E-state index < -0.39 is 66.3 Å². The number of aliphatic hydroxyl groups excluding tert-OH is 1. The predicted octanol–water partition coefficient (Wildman–Crippen LogP) is 4.25. The van der Waals surface area contributed by atoms with E-state index in [4.69, 9.17) is 14.2 Å². The van der Waals surface area contributed by atoms with Crippen LogP contribution in [0.2, 0.25) is 0 Å². The molecule has 2 aromatic rings. The van der Waals surface area contributed by atoms with Crippen LogP contribution in [0.25, 0.3) is 0 Å². The molecule has 6 rings (SSSR count). The zero-order valence-electron chi connectivity index (χ0n) is 29.9. The second kappa shape index (κ2) is 16.4. The lowest BCUT2D eigenvalue weighted by Crippen LogP contribution is -2.60. The molecule has 2 saturated heterocycles. The number of hydrogen-bond donors (Lipinski definition) is 2. The molecule has 1 spiro atoms. The number of nitrogens with zero attached hydrogens (tertiary/aromatic N) is 2. The number of allylic oxidation sites excluding steroid dienone is 1. The quantitative estimate of drug-likeness (QED) is 0.271. The van der Waals surface area contributed by atoms with Gasteiger partial charge in [0.15, 0.2) is 0 Å². The molecule has 4 aliphatic heterocycles. The van der Waals surface area contributed by atoms with E-state index in [9.17, 15) is 19.5 Å². The summed E-state index contributed by atoms with van der Waals surface area (Å²) in [6, 6.07) is 15.7. The lowest BCUT2D eigenvalue weighted by Gasteiger charge is -2.40. The highest BCUT2D eigenvalue weighted by Gasteiger charge is 2.75. The average Bonchev–Trinajstić information content (AvgIpc) is 3.74. The number of benzene rings is 2. The number of aliphatic hydroxyl groups is 1. The van der Waals surface area contributed by atoms with Crippen molar-refractivity contribution in [1.82, 2.24) is 15.1 Å². The summed E-state index contributed by atoms with van der Waals surface area (Å²) in [6.07, 6.45) is 6.12. The van der Waals surface area contributed by atoms with Gasteiger partial charge in [0.05, 0.1) is 31.2 Å². The molecule has 4 heterocycles. The van der Waals surface area contributed by atoms with Gasteiger partial charge in [0, 0.05) is 30.6 Å². The highest BCUT2D eigenvalue weighted by Crippen LogP contribution is 2.59. The third kappa shape index (κ3) is 7.22. The van der Waals surface area contributed by atoms with Crippen LogP contribution in [0.3, 0.4) is 0 Å². The van der Waals surface area contributed by atoms with Crippen LogP contribution in [0.15, 0.2) is 83.4 Å². The van der Waals surface area contributed by atoms with Crippen LogP contribution < -0.4 is 5.32 Å². The normalized spacial score (nSPS) is 31.1. The fraction of sp³-hybridized carbons (Fsp3) is 0.500. The van der Waals surface area contributed by atoms with E-state index in [-0.39, 0.29) is 43.8 Å². The maximum Gasteiger partial charge on any atom is 0.313 e. The number of cyclic esters (lactones) is 1. The third-order valence-electron chi connectivity index (χ3n) is 10.7. The van der Waals surface area contributed by atoms with E-state index in [1.807, 2.05) is 86.7 Å². The van der Waals surface area contributed by atoms with Crippen molar-refractivity contribution >= 4 is 39.6 Å². The van der Waals surface area contributed by atoms with Crippen molar-refractivity contribution in [1.29, 1.82) is 0 Å². The summed E-state index contributed by atoms with van der Waals surface area (Å²) in [6.45, 7) is 3.92. The zero-order valence-corrected chi connectivity index (χ0v) is 31.4. The van der Waals surface area contributed by atoms with E-state index in [1.165, 1.54) is 12.0 Å². The molecule has 3 amide bonds. The van der Waals surface area contributed by atoms with Gasteiger partial charge in [0.25, 0.3) is 0 Å². The maximum atomic E-state index is 15.2. The number of ether oxygens (including phenoxy) is 3. The molecule has 2 fully saturated rings. The van der Waals surface area contributed by atoms with Gasteiger partial charge in [-0.25, -0.2) is 0 Å². The fourth-order valence-electron chi connectivity index (χ4n) is 8.37. The topological polar surface area (TPSA) is 135 Å². The molecule has 4 aliphatic rings. The molecule has 5 bridgehead atoms. The van der Waals surface area contributed by atoms with Gasteiger partial charge in [-0.15, -0.1) is 0 Å². The van der Waals surface area contributed by atoms with Crippen LogP contribution in [0.5, 0.6) is 0 Å². The van der Waals surface area contributed by atoms with Crippen LogP contribution in [0, 0.1) is 11.8 Å². The smallest absolute Gasteiger partial charge is 0.313 e. The Labute approximate surface area is 313 Å². The number of carbonyl (C=O) groups is 4. The van der Waals surface area contributed by atoms with Crippen molar-refractivity contribution < 1.29 is 38.5 Å². The second-order valence-corrected chi connectivity index (χ2v) is 15.1. The molecule has 11 nitrogen and oxygen atoms in total. The number of carbonyl (C=O) groups excluding carboxylic acids is 4. The van der Waals surface area contributed by atoms with Gasteiger partial charge in [0.1, 0.15) is 29.8 Å². The van der Waals surface area contributed by atoms with E-state index in [1.54, 1.807) is 11.0 Å². The minimum absolute atomic E-state index is 0.0568. The molecule has 0 radical (unpaired) electrons. The van der Waals surface area contributed by atoms with E-state index in [2.05, 4.69) is 21.2 Å². The Bertz CT molecular complexity index is 1670. The Kier molecular flexibility index (Phi) is 12.0. The minimum atomic E-state index is -1.50. The Morgan fingerprint density at radius 1 is 1.02 bits per heavy atom. The van der Waals surface area contributed by atoms with Crippen molar-refractivity contribution in [2.75, 3.05) is 26.9 Å². The van der Waals surface area contributed by atoms with Gasteiger partial charge in [-0.05, 0) is 43.4 Å². The van der Waals surface area contributed by atoms with Crippen LogP contribution in [0.1, 0.15) is 56.8 Å². The molecule has 278 valence electrons. The SMILES string of the molecule is CCCC(C)N1C/C=C\CCC(=O)N[C@@H](COC)[C@H](c2ccccc2)OC(=O)[C@H]2[C@@H]3O[C@@]4(C=C3Br)[C@@H]2C(=O)N([C@@H](CO)Cc2ccccc2)[C@@H]4C1=O. The van der Waals surface area contributed by atoms with E-state index in [0.29, 0.717) is 22.9 Å². The number of methoxy groups -OCH3 is 1. The highest BCUT2D eigenvalue weighted by atomic mass is 79.9. The summed E-state index contributed by atoms with van der Waals surface area (Å²) in [5.74, 6) is -3.95. The molecule has 52 heavy (non-hydrogen) atoms. The van der Waals surface area contributed by atoms with Crippen molar-refractivity contribution in [3.8, 4) is 0 Å². The molecule has 2 N–H and O–H groups in total. The molecule has 9 atom stereocenters. The first-order valence-corrected chi connectivity index (χ1v) is 19.0. The second-order valence-electron chi connectivity index (χ2n) is 14.1. The molecular weight excluding hydrogens is 730 g/mol. The summed E-state index contributed by atoms with van der Waals surface area (Å²) in [7, 11) is 1.51. The van der Waals surface area contributed by atoms with Gasteiger partial charge >= 0.3 is 5.97 Å². The number of halogens is 1. The fourth-order valence-corrected chi connectivity index (χ4v) is 9.10. The molecule has 2 aromatic carbocycles. The Balaban J connectivity index is 1.49. The minimum Gasteiger partial charge on any atom is -0.455 e. The summed E-state index contributed by atoms with van der Waals surface area (Å²) < 4.78 is 19.1. The number of nitrogens with one attached hydrogen (secondary N) is 1. The highest BCUT2D eigenvalue weighted by molar-refractivity contribution is 9.11. The molecule has 12 heteroatoms. The first-order valence-electron chi connectivity index (χ1n) is 18.2. The third-order valence-corrected chi connectivity index (χ3v) is 11.4. The first kappa shape index (κ1) is 37.9. The number of rotatable bonds is 10. The first-order chi connectivity index (χ1) is 25.1. The van der Waals surface area contributed by atoms with Gasteiger partial charge in [-0.1, -0.05) is 102 Å². The lowest BCUT2D eigenvalue weighted by atomic mass is 9.74. The zero-order chi connectivity index (χ0) is 37.0. The summed E-state index contributed by atoms with van der Waals surface area (Å²) >= 11 is 3.63. The maximum absolute atomic E-state index is 15.2. The summed E-state index contributed by atoms with van der Waals surface area (Å²) in [5, 5.41) is 13.9.